The molecule has 0 bridgehead atoms. The van der Waals surface area contributed by atoms with Gasteiger partial charge >= 0.3 is 0 Å². The molecule has 2 aliphatic rings. The summed E-state index contributed by atoms with van der Waals surface area (Å²) in [5.74, 6) is 0. The van der Waals surface area contributed by atoms with Gasteiger partial charge in [0.05, 0.1) is 26.2 Å². The van der Waals surface area contributed by atoms with Crippen LogP contribution in [0, 0.1) is 0 Å². The zero-order valence-corrected chi connectivity index (χ0v) is 9.84. The molecule has 0 aromatic rings. The van der Waals surface area contributed by atoms with E-state index < -0.39 is 0 Å². The van der Waals surface area contributed by atoms with Gasteiger partial charge in [0.2, 0.25) is 0 Å². The van der Waals surface area contributed by atoms with Gasteiger partial charge < -0.3 is 4.48 Å². The number of hydrogen-bond acceptors (Lipinski definition) is 1. The lowest BCUT2D eigenvalue weighted by molar-refractivity contribution is -0.938. The van der Waals surface area contributed by atoms with Crippen molar-refractivity contribution in [3.8, 4) is 0 Å². The van der Waals surface area contributed by atoms with E-state index in [9.17, 15) is 0 Å². The van der Waals surface area contributed by atoms with E-state index in [4.69, 9.17) is 0 Å². The third-order valence-corrected chi connectivity index (χ3v) is 4.44. The number of nitrogens with zero attached hydrogens (tertiary/aromatic N) is 2. The third kappa shape index (κ3) is 2.12. The number of quaternary nitrogens is 1. The van der Waals surface area contributed by atoms with Crippen LogP contribution in [0.5, 0.6) is 0 Å². The molecule has 1 saturated heterocycles. The predicted octanol–water partition coefficient (Wildman–Crippen LogP) is 1.71. The molecule has 1 aliphatic carbocycles. The highest BCUT2D eigenvalue weighted by molar-refractivity contribution is 4.70. The molecular formula is C12H25N2+. The van der Waals surface area contributed by atoms with Crippen LogP contribution in [-0.4, -0.2) is 55.7 Å². The van der Waals surface area contributed by atoms with Crippen LogP contribution in [0.25, 0.3) is 0 Å². The van der Waals surface area contributed by atoms with Gasteiger partial charge in [-0.05, 0) is 32.7 Å². The van der Waals surface area contributed by atoms with E-state index >= 15 is 0 Å². The summed E-state index contributed by atoms with van der Waals surface area (Å²) in [4.78, 5) is 2.48. The first-order valence-corrected chi connectivity index (χ1v) is 6.23. The third-order valence-electron chi connectivity index (χ3n) is 4.44. The highest BCUT2D eigenvalue weighted by Crippen LogP contribution is 2.28. The lowest BCUT2D eigenvalue weighted by atomic mass is 9.92. The summed E-state index contributed by atoms with van der Waals surface area (Å²) in [7, 11) is 4.74. The molecule has 2 fully saturated rings. The van der Waals surface area contributed by atoms with Gasteiger partial charge in [0, 0.05) is 13.1 Å². The van der Waals surface area contributed by atoms with Gasteiger partial charge in [0.1, 0.15) is 0 Å². The van der Waals surface area contributed by atoms with Gasteiger partial charge in [0.15, 0.2) is 0 Å². The molecule has 0 aromatic carbocycles. The van der Waals surface area contributed by atoms with E-state index in [1.807, 2.05) is 0 Å². The molecular weight excluding hydrogens is 172 g/mol. The van der Waals surface area contributed by atoms with Crippen LogP contribution in [0.15, 0.2) is 0 Å². The van der Waals surface area contributed by atoms with Crippen LogP contribution < -0.4 is 0 Å². The second-order valence-corrected chi connectivity index (χ2v) is 5.52. The summed E-state index contributed by atoms with van der Waals surface area (Å²) in [6.45, 7) is 5.35. The van der Waals surface area contributed by atoms with E-state index in [0.29, 0.717) is 0 Å². The Labute approximate surface area is 88.5 Å². The first-order valence-electron chi connectivity index (χ1n) is 6.23. The van der Waals surface area contributed by atoms with E-state index in [-0.39, 0.29) is 0 Å². The summed E-state index contributed by atoms with van der Waals surface area (Å²) < 4.78 is 1.37. The number of piperazine rings is 1. The largest absolute Gasteiger partial charge is 0.321 e. The molecule has 1 saturated carbocycles. The average Bonchev–Trinajstić information content (AvgIpc) is 2.24. The van der Waals surface area contributed by atoms with Gasteiger partial charge in [-0.25, -0.2) is 0 Å². The zero-order valence-electron chi connectivity index (χ0n) is 9.84. The summed E-state index contributed by atoms with van der Waals surface area (Å²) >= 11 is 0. The normalized spacial score (nSPS) is 30.4. The maximum atomic E-state index is 2.49. The van der Waals surface area contributed by atoms with Crippen molar-refractivity contribution in [1.29, 1.82) is 0 Å². The highest BCUT2D eigenvalue weighted by atomic mass is 15.4. The second-order valence-electron chi connectivity index (χ2n) is 5.52. The predicted molar refractivity (Wildman–Crippen MR) is 60.3 cm³/mol. The molecule has 0 amide bonds. The Morgan fingerprint density at radius 1 is 1.00 bits per heavy atom. The number of hydrogen-bond donors (Lipinski definition) is 0. The van der Waals surface area contributed by atoms with Gasteiger partial charge in [-0.1, -0.05) is 6.42 Å². The quantitative estimate of drug-likeness (QED) is 0.579. The minimum Gasteiger partial charge on any atom is -0.321 e. The molecule has 0 unspecified atom stereocenters. The van der Waals surface area contributed by atoms with E-state index in [0.717, 1.165) is 6.04 Å². The standard InChI is InChI=1S/C12H25N2/c1-13-8-10-14(2,11-9-13)12-6-4-3-5-7-12/h12H,3-11H2,1-2H3/q+1. The van der Waals surface area contributed by atoms with Gasteiger partial charge in [-0.3, -0.25) is 4.90 Å². The Morgan fingerprint density at radius 2 is 1.57 bits per heavy atom. The Hall–Kier alpha value is -0.0800. The van der Waals surface area contributed by atoms with Crippen molar-refractivity contribution in [1.82, 2.24) is 4.90 Å². The Kier molecular flexibility index (Phi) is 3.13. The van der Waals surface area contributed by atoms with Crippen molar-refractivity contribution in [3.63, 3.8) is 0 Å². The van der Waals surface area contributed by atoms with Crippen molar-refractivity contribution in [2.45, 2.75) is 38.1 Å². The highest BCUT2D eigenvalue weighted by Gasteiger charge is 2.35. The Morgan fingerprint density at radius 3 is 2.14 bits per heavy atom. The van der Waals surface area contributed by atoms with E-state index in [1.54, 1.807) is 0 Å². The molecule has 82 valence electrons. The van der Waals surface area contributed by atoms with Crippen LogP contribution >= 0.6 is 0 Å². The van der Waals surface area contributed by atoms with Crippen LogP contribution in [0.4, 0.5) is 0 Å². The van der Waals surface area contributed by atoms with Gasteiger partial charge in [-0.2, -0.15) is 0 Å². The minimum absolute atomic E-state index is 0.984. The maximum Gasteiger partial charge on any atom is 0.0916 e. The average molecular weight is 197 g/mol. The lowest BCUT2D eigenvalue weighted by Gasteiger charge is -2.47. The van der Waals surface area contributed by atoms with Crippen molar-refractivity contribution >= 4 is 0 Å². The molecule has 14 heavy (non-hydrogen) atoms. The lowest BCUT2D eigenvalue weighted by Crippen LogP contribution is -2.61. The van der Waals surface area contributed by atoms with Crippen molar-refractivity contribution in [2.24, 2.45) is 0 Å². The molecule has 1 aliphatic heterocycles. The molecule has 0 radical (unpaired) electrons. The molecule has 1 heterocycles. The smallest absolute Gasteiger partial charge is 0.0916 e. The van der Waals surface area contributed by atoms with Gasteiger partial charge in [0.25, 0.3) is 0 Å². The molecule has 0 aromatic heterocycles. The Bertz CT molecular complexity index is 177. The monoisotopic (exact) mass is 197 g/mol. The first-order chi connectivity index (χ1) is 6.71. The minimum atomic E-state index is 0.984. The van der Waals surface area contributed by atoms with Crippen LogP contribution in [0.2, 0.25) is 0 Å². The summed E-state index contributed by atoms with van der Waals surface area (Å²) in [6.07, 6.45) is 7.42. The first kappa shape index (κ1) is 10.4. The maximum absolute atomic E-state index is 2.49. The molecule has 2 heteroatoms. The summed E-state index contributed by atoms with van der Waals surface area (Å²) in [5.41, 5.74) is 0. The fourth-order valence-corrected chi connectivity index (χ4v) is 3.09. The number of likely N-dealkylation sites (N-methyl/N-ethyl adjacent to an activating group) is 2. The van der Waals surface area contributed by atoms with Crippen molar-refractivity contribution in [2.75, 3.05) is 40.3 Å². The van der Waals surface area contributed by atoms with Crippen LogP contribution in [0.1, 0.15) is 32.1 Å². The fraction of sp³-hybridized carbons (Fsp3) is 1.00. The molecule has 0 spiro atoms. The van der Waals surface area contributed by atoms with Crippen LogP contribution in [-0.2, 0) is 0 Å². The Balaban J connectivity index is 1.93. The van der Waals surface area contributed by atoms with E-state index in [2.05, 4.69) is 19.0 Å². The van der Waals surface area contributed by atoms with Crippen molar-refractivity contribution in [3.05, 3.63) is 0 Å². The molecule has 2 nitrogen and oxygen atoms in total. The summed E-state index contributed by atoms with van der Waals surface area (Å²) in [6, 6.07) is 0.984. The molecule has 0 atom stereocenters. The zero-order chi connectivity index (χ0) is 10.0. The number of rotatable bonds is 1. The topological polar surface area (TPSA) is 3.24 Å². The van der Waals surface area contributed by atoms with E-state index in [1.165, 1.54) is 62.8 Å². The fourth-order valence-electron chi connectivity index (χ4n) is 3.09. The summed E-state index contributed by atoms with van der Waals surface area (Å²) in [5, 5.41) is 0. The molecule has 0 N–H and O–H groups in total. The second kappa shape index (κ2) is 4.19. The molecule has 2 rings (SSSR count). The van der Waals surface area contributed by atoms with Gasteiger partial charge in [-0.15, -0.1) is 0 Å². The van der Waals surface area contributed by atoms with Crippen molar-refractivity contribution < 1.29 is 4.48 Å². The van der Waals surface area contributed by atoms with Crippen LogP contribution in [0.3, 0.4) is 0 Å². The SMILES string of the molecule is CN1CC[N+](C)(C2CCCCC2)CC1.